The van der Waals surface area contributed by atoms with E-state index < -0.39 is 5.97 Å². The van der Waals surface area contributed by atoms with E-state index in [9.17, 15) is 4.79 Å². The van der Waals surface area contributed by atoms with Crippen molar-refractivity contribution in [1.29, 1.82) is 0 Å². The highest BCUT2D eigenvalue weighted by molar-refractivity contribution is 5.71. The van der Waals surface area contributed by atoms with E-state index in [2.05, 4.69) is 4.90 Å². The number of hydrogen-bond donors (Lipinski definition) is 1. The van der Waals surface area contributed by atoms with Gasteiger partial charge in [-0.2, -0.15) is 0 Å². The predicted octanol–water partition coefficient (Wildman–Crippen LogP) is 0.818. The van der Waals surface area contributed by atoms with Crippen LogP contribution in [0.2, 0.25) is 0 Å². The van der Waals surface area contributed by atoms with Gasteiger partial charge in [0.1, 0.15) is 0 Å². The van der Waals surface area contributed by atoms with Crippen molar-refractivity contribution in [3.63, 3.8) is 0 Å². The zero-order valence-corrected chi connectivity index (χ0v) is 9.19. The highest BCUT2D eigenvalue weighted by Crippen LogP contribution is 2.32. The molecule has 0 aromatic rings. The molecule has 1 aliphatic carbocycles. The Balaban J connectivity index is 1.81. The van der Waals surface area contributed by atoms with Gasteiger partial charge >= 0.3 is 5.97 Å². The summed E-state index contributed by atoms with van der Waals surface area (Å²) in [6, 6.07) is 0.0706. The van der Waals surface area contributed by atoms with E-state index >= 15 is 0 Å². The average molecular weight is 213 g/mol. The largest absolute Gasteiger partial charge is 0.481 e. The highest BCUT2D eigenvalue weighted by atomic mass is 16.5. The lowest BCUT2D eigenvalue weighted by molar-refractivity contribution is -0.143. The molecule has 0 radical (unpaired) electrons. The monoisotopic (exact) mass is 213 g/mol. The van der Waals surface area contributed by atoms with E-state index in [0.29, 0.717) is 13.2 Å². The normalized spacial score (nSPS) is 31.1. The van der Waals surface area contributed by atoms with Crippen LogP contribution in [0, 0.1) is 11.8 Å². The van der Waals surface area contributed by atoms with Gasteiger partial charge in [0.2, 0.25) is 0 Å². The number of nitrogens with zero attached hydrogens (tertiary/aromatic N) is 1. The number of rotatable bonds is 5. The lowest BCUT2D eigenvalue weighted by Crippen LogP contribution is -2.41. The Kier molecular flexibility index (Phi) is 3.26. The van der Waals surface area contributed by atoms with Crippen molar-refractivity contribution in [3.8, 4) is 0 Å². The number of carboxylic acids is 1. The van der Waals surface area contributed by atoms with Crippen LogP contribution >= 0.6 is 0 Å². The first-order valence-electron chi connectivity index (χ1n) is 5.69. The number of aliphatic carboxylic acids is 1. The van der Waals surface area contributed by atoms with Crippen LogP contribution < -0.4 is 0 Å². The summed E-state index contributed by atoms with van der Waals surface area (Å²) < 4.78 is 5.25. The molecule has 0 bridgehead atoms. The summed E-state index contributed by atoms with van der Waals surface area (Å²) >= 11 is 0. The molecule has 2 unspecified atom stereocenters. The van der Waals surface area contributed by atoms with Crippen molar-refractivity contribution in [2.24, 2.45) is 11.8 Å². The van der Waals surface area contributed by atoms with Gasteiger partial charge in [-0.25, -0.2) is 0 Å². The van der Waals surface area contributed by atoms with Crippen LogP contribution in [0.1, 0.15) is 19.3 Å². The quantitative estimate of drug-likeness (QED) is 0.734. The van der Waals surface area contributed by atoms with Gasteiger partial charge in [-0.3, -0.25) is 4.79 Å². The fourth-order valence-corrected chi connectivity index (χ4v) is 2.17. The molecular formula is C11H19NO3. The minimum Gasteiger partial charge on any atom is -0.481 e. The molecule has 0 aromatic heterocycles. The minimum absolute atomic E-state index is 0.0706. The van der Waals surface area contributed by atoms with Crippen LogP contribution in [0.4, 0.5) is 0 Å². The summed E-state index contributed by atoms with van der Waals surface area (Å²) in [7, 11) is 2.01. The highest BCUT2D eigenvalue weighted by Gasteiger charge is 2.36. The third-order valence-electron chi connectivity index (χ3n) is 3.52. The van der Waals surface area contributed by atoms with Crippen LogP contribution in [0.25, 0.3) is 0 Å². The molecular weight excluding hydrogens is 194 g/mol. The van der Waals surface area contributed by atoms with Crippen molar-refractivity contribution >= 4 is 5.97 Å². The third-order valence-corrected chi connectivity index (χ3v) is 3.52. The predicted molar refractivity (Wildman–Crippen MR) is 55.7 cm³/mol. The molecule has 1 saturated heterocycles. The van der Waals surface area contributed by atoms with Crippen molar-refractivity contribution in [2.75, 3.05) is 26.8 Å². The Labute approximate surface area is 90.2 Å². The maximum Gasteiger partial charge on any atom is 0.310 e. The van der Waals surface area contributed by atoms with Crippen LogP contribution in [0.5, 0.6) is 0 Å². The zero-order chi connectivity index (χ0) is 10.8. The van der Waals surface area contributed by atoms with Crippen molar-refractivity contribution in [2.45, 2.75) is 25.3 Å². The number of carbonyl (C=O) groups is 1. The van der Waals surface area contributed by atoms with Gasteiger partial charge in [0.15, 0.2) is 0 Å². The first-order valence-corrected chi connectivity index (χ1v) is 5.69. The molecule has 2 rings (SSSR count). The zero-order valence-electron chi connectivity index (χ0n) is 9.19. The standard InChI is InChI=1S/C11H19NO3/c1-12(5-4-8-2-3-8)10-7-15-6-9(10)11(13)14/h8-10H,2-7H2,1H3,(H,13,14). The van der Waals surface area contributed by atoms with Gasteiger partial charge in [-0.05, 0) is 25.9 Å². The van der Waals surface area contributed by atoms with Crippen LogP contribution in [0.15, 0.2) is 0 Å². The second-order valence-corrected chi connectivity index (χ2v) is 4.76. The topological polar surface area (TPSA) is 49.8 Å². The van der Waals surface area contributed by atoms with Crippen LogP contribution in [0.3, 0.4) is 0 Å². The lowest BCUT2D eigenvalue weighted by Gasteiger charge is -2.25. The molecule has 4 heteroatoms. The van der Waals surface area contributed by atoms with Crippen molar-refractivity contribution in [3.05, 3.63) is 0 Å². The Morgan fingerprint density at radius 1 is 1.47 bits per heavy atom. The summed E-state index contributed by atoms with van der Waals surface area (Å²) in [5.41, 5.74) is 0. The van der Waals surface area contributed by atoms with Crippen molar-refractivity contribution in [1.82, 2.24) is 4.90 Å². The number of ether oxygens (including phenoxy) is 1. The maximum atomic E-state index is 11.0. The fourth-order valence-electron chi connectivity index (χ4n) is 2.17. The van der Waals surface area contributed by atoms with Gasteiger partial charge in [0, 0.05) is 6.04 Å². The summed E-state index contributed by atoms with van der Waals surface area (Å²) in [6.07, 6.45) is 3.92. The van der Waals surface area contributed by atoms with Gasteiger partial charge in [0.25, 0.3) is 0 Å². The van der Waals surface area contributed by atoms with E-state index in [4.69, 9.17) is 9.84 Å². The second kappa shape index (κ2) is 4.49. The van der Waals surface area contributed by atoms with Crippen molar-refractivity contribution < 1.29 is 14.6 Å². The van der Waals surface area contributed by atoms with E-state index in [0.717, 1.165) is 12.5 Å². The molecule has 1 saturated carbocycles. The van der Waals surface area contributed by atoms with Gasteiger partial charge in [-0.15, -0.1) is 0 Å². The smallest absolute Gasteiger partial charge is 0.310 e. The van der Waals surface area contributed by atoms with E-state index in [1.165, 1.54) is 19.3 Å². The molecule has 86 valence electrons. The van der Waals surface area contributed by atoms with Gasteiger partial charge in [0.05, 0.1) is 19.1 Å². The van der Waals surface area contributed by atoms with E-state index in [1.54, 1.807) is 0 Å². The Morgan fingerprint density at radius 2 is 2.20 bits per heavy atom. The molecule has 2 atom stereocenters. The number of hydrogen-bond acceptors (Lipinski definition) is 3. The van der Waals surface area contributed by atoms with E-state index in [-0.39, 0.29) is 12.0 Å². The third kappa shape index (κ3) is 2.69. The lowest BCUT2D eigenvalue weighted by atomic mass is 10.0. The summed E-state index contributed by atoms with van der Waals surface area (Å²) in [5.74, 6) is -0.164. The molecule has 0 amide bonds. The molecule has 0 spiro atoms. The van der Waals surface area contributed by atoms with E-state index in [1.807, 2.05) is 7.05 Å². The second-order valence-electron chi connectivity index (χ2n) is 4.76. The first kappa shape index (κ1) is 10.9. The molecule has 1 N–H and O–H groups in total. The van der Waals surface area contributed by atoms with Crippen LogP contribution in [-0.4, -0.2) is 48.8 Å². The first-order chi connectivity index (χ1) is 7.18. The Hall–Kier alpha value is -0.610. The molecule has 2 fully saturated rings. The molecule has 4 nitrogen and oxygen atoms in total. The average Bonchev–Trinajstić information content (AvgIpc) is 2.88. The molecule has 2 aliphatic rings. The summed E-state index contributed by atoms with van der Waals surface area (Å²) in [5, 5.41) is 9.02. The minimum atomic E-state index is -0.726. The summed E-state index contributed by atoms with van der Waals surface area (Å²) in [4.78, 5) is 13.1. The molecule has 1 heterocycles. The number of likely N-dealkylation sites (N-methyl/N-ethyl adjacent to an activating group) is 1. The molecule has 15 heavy (non-hydrogen) atoms. The molecule has 1 aliphatic heterocycles. The van der Waals surface area contributed by atoms with Crippen LogP contribution in [-0.2, 0) is 9.53 Å². The Morgan fingerprint density at radius 3 is 2.80 bits per heavy atom. The number of carboxylic acid groups (broad SMARTS) is 1. The maximum absolute atomic E-state index is 11.0. The fraction of sp³-hybridized carbons (Fsp3) is 0.909. The Bertz CT molecular complexity index is 240. The van der Waals surface area contributed by atoms with Gasteiger partial charge < -0.3 is 14.7 Å². The summed E-state index contributed by atoms with van der Waals surface area (Å²) in [6.45, 7) is 1.94. The molecule has 0 aromatic carbocycles. The SMILES string of the molecule is CN(CCC1CC1)C1COCC1C(=O)O. The van der Waals surface area contributed by atoms with Gasteiger partial charge in [-0.1, -0.05) is 12.8 Å².